The molecule has 0 atom stereocenters. The lowest BCUT2D eigenvalue weighted by molar-refractivity contribution is -0.143. The van der Waals surface area contributed by atoms with Crippen LogP contribution in [0.25, 0.3) is 11.0 Å². The number of hydrogen-bond donors (Lipinski definition) is 0. The van der Waals surface area contributed by atoms with Crippen LogP contribution >= 0.6 is 0 Å². The first-order valence-corrected chi connectivity index (χ1v) is 12.2. The predicted molar refractivity (Wildman–Crippen MR) is 140 cm³/mol. The molecule has 0 unspecified atom stereocenters. The van der Waals surface area contributed by atoms with Crippen molar-refractivity contribution in [2.24, 2.45) is 7.05 Å². The third kappa shape index (κ3) is 6.33. The maximum atomic E-state index is 11.9. The molecule has 37 heavy (non-hydrogen) atoms. The van der Waals surface area contributed by atoms with E-state index in [1.165, 1.54) is 0 Å². The number of carbonyl (C=O) groups excluding carboxylic acids is 1. The monoisotopic (exact) mass is 504 g/mol. The number of aryl methyl sites for hydroxylation is 2. The Kier molecular flexibility index (Phi) is 8.51. The van der Waals surface area contributed by atoms with Crippen LogP contribution in [0.3, 0.4) is 0 Å². The van der Waals surface area contributed by atoms with Gasteiger partial charge in [-0.1, -0.05) is 24.3 Å². The summed E-state index contributed by atoms with van der Waals surface area (Å²) in [7, 11) is 5.23. The van der Waals surface area contributed by atoms with E-state index in [1.54, 1.807) is 21.1 Å². The third-order valence-corrected chi connectivity index (χ3v) is 6.07. The summed E-state index contributed by atoms with van der Waals surface area (Å²) in [4.78, 5) is 16.6. The highest BCUT2D eigenvalue weighted by Crippen LogP contribution is 2.29. The molecule has 0 aliphatic rings. The van der Waals surface area contributed by atoms with Gasteiger partial charge in [0.25, 0.3) is 0 Å². The van der Waals surface area contributed by atoms with Crippen molar-refractivity contribution in [2.45, 2.75) is 33.0 Å². The van der Waals surface area contributed by atoms with Gasteiger partial charge in [-0.2, -0.15) is 0 Å². The summed E-state index contributed by atoms with van der Waals surface area (Å²) in [5.41, 5.74) is 3.65. The lowest BCUT2D eigenvalue weighted by Crippen LogP contribution is -2.07. The molecule has 0 spiro atoms. The summed E-state index contributed by atoms with van der Waals surface area (Å²) in [6, 6.07) is 19.1. The van der Waals surface area contributed by atoms with E-state index in [-0.39, 0.29) is 19.0 Å². The molecule has 4 rings (SSSR count). The zero-order chi connectivity index (χ0) is 26.2. The highest BCUT2D eigenvalue weighted by atomic mass is 16.5. The van der Waals surface area contributed by atoms with Gasteiger partial charge in [0, 0.05) is 31.2 Å². The van der Waals surface area contributed by atoms with Gasteiger partial charge in [-0.15, -0.1) is 0 Å². The Morgan fingerprint density at radius 1 is 0.865 bits per heavy atom. The summed E-state index contributed by atoms with van der Waals surface area (Å²) in [6.07, 6.45) is 0.759. The van der Waals surface area contributed by atoms with E-state index in [9.17, 15) is 4.79 Å². The Bertz CT molecular complexity index is 1360. The quantitative estimate of drug-likeness (QED) is 0.244. The Labute approximate surface area is 216 Å². The number of para-hydroxylation sites is 1. The van der Waals surface area contributed by atoms with Crippen LogP contribution < -0.4 is 18.9 Å². The van der Waals surface area contributed by atoms with E-state index in [0.717, 1.165) is 39.5 Å². The maximum Gasteiger partial charge on any atom is 0.306 e. The minimum atomic E-state index is -0.239. The molecule has 1 heterocycles. The van der Waals surface area contributed by atoms with E-state index in [4.69, 9.17) is 23.7 Å². The molecule has 4 aromatic rings. The molecule has 1 aromatic heterocycles. The summed E-state index contributed by atoms with van der Waals surface area (Å²) in [5.74, 6) is 3.35. The fourth-order valence-electron chi connectivity index (χ4n) is 4.04. The minimum absolute atomic E-state index is 0.239. The lowest BCUT2D eigenvalue weighted by Gasteiger charge is -2.15. The van der Waals surface area contributed by atoms with Gasteiger partial charge in [0.15, 0.2) is 0 Å². The molecule has 8 nitrogen and oxygen atoms in total. The number of carbonyl (C=O) groups is 1. The number of methoxy groups -OCH3 is 2. The number of aromatic nitrogens is 2. The van der Waals surface area contributed by atoms with Gasteiger partial charge >= 0.3 is 5.97 Å². The van der Waals surface area contributed by atoms with Crippen molar-refractivity contribution in [1.82, 2.24) is 9.55 Å². The lowest BCUT2D eigenvalue weighted by atomic mass is 10.1. The van der Waals surface area contributed by atoms with Gasteiger partial charge < -0.3 is 28.3 Å². The Morgan fingerprint density at radius 3 is 2.46 bits per heavy atom. The summed E-state index contributed by atoms with van der Waals surface area (Å²) < 4.78 is 30.2. The molecule has 3 aromatic carbocycles. The predicted octanol–water partition coefficient (Wildman–Crippen LogP) is 5.24. The summed E-state index contributed by atoms with van der Waals surface area (Å²) >= 11 is 0. The van der Waals surface area contributed by atoms with Gasteiger partial charge in [-0.25, -0.2) is 4.98 Å². The standard InChI is InChI=1S/C29H32N2O6/c1-5-35-29(32)15-11-20-10-12-23(17-27(20)37-18-21-8-6-7-9-26(21)34-4)36-19-28-30-24-14-13-22(33-3)16-25(24)31(28)2/h6-10,12-14,16-17H,5,11,15,18-19H2,1-4H3. The second-order valence-corrected chi connectivity index (χ2v) is 8.41. The van der Waals surface area contributed by atoms with Crippen LogP contribution in [-0.4, -0.2) is 36.3 Å². The van der Waals surface area contributed by atoms with E-state index >= 15 is 0 Å². The van der Waals surface area contributed by atoms with Gasteiger partial charge in [0.2, 0.25) is 0 Å². The highest BCUT2D eigenvalue weighted by molar-refractivity contribution is 5.77. The fourth-order valence-corrected chi connectivity index (χ4v) is 4.04. The fraction of sp³-hybridized carbons (Fsp3) is 0.310. The minimum Gasteiger partial charge on any atom is -0.497 e. The van der Waals surface area contributed by atoms with Crippen molar-refractivity contribution < 1.29 is 28.5 Å². The first kappa shape index (κ1) is 25.9. The number of hydrogen-bond acceptors (Lipinski definition) is 7. The van der Waals surface area contributed by atoms with Crippen LogP contribution in [-0.2, 0) is 36.2 Å². The second kappa shape index (κ2) is 12.2. The Balaban J connectivity index is 1.52. The van der Waals surface area contributed by atoms with Crippen molar-refractivity contribution in [2.75, 3.05) is 20.8 Å². The van der Waals surface area contributed by atoms with Crippen LogP contribution in [0.1, 0.15) is 30.3 Å². The number of nitrogens with zero attached hydrogens (tertiary/aromatic N) is 2. The Hall–Kier alpha value is -4.20. The first-order chi connectivity index (χ1) is 18.0. The van der Waals surface area contributed by atoms with E-state index in [1.807, 2.05) is 72.3 Å². The molecule has 0 aliphatic carbocycles. The smallest absolute Gasteiger partial charge is 0.306 e. The van der Waals surface area contributed by atoms with Crippen molar-refractivity contribution in [1.29, 1.82) is 0 Å². The molecule has 194 valence electrons. The summed E-state index contributed by atoms with van der Waals surface area (Å²) in [6.45, 7) is 2.75. The first-order valence-electron chi connectivity index (χ1n) is 12.2. The van der Waals surface area contributed by atoms with Gasteiger partial charge in [-0.3, -0.25) is 4.79 Å². The van der Waals surface area contributed by atoms with Crippen LogP contribution in [0, 0.1) is 0 Å². The Morgan fingerprint density at radius 2 is 1.68 bits per heavy atom. The largest absolute Gasteiger partial charge is 0.497 e. The topological polar surface area (TPSA) is 81.0 Å². The van der Waals surface area contributed by atoms with Crippen molar-refractivity contribution in [3.05, 3.63) is 77.6 Å². The van der Waals surface area contributed by atoms with Gasteiger partial charge in [0.1, 0.15) is 42.0 Å². The third-order valence-electron chi connectivity index (χ3n) is 6.07. The van der Waals surface area contributed by atoms with Crippen LogP contribution in [0.15, 0.2) is 60.7 Å². The number of ether oxygens (including phenoxy) is 5. The van der Waals surface area contributed by atoms with Gasteiger partial charge in [0.05, 0.1) is 31.9 Å². The van der Waals surface area contributed by atoms with E-state index in [0.29, 0.717) is 31.1 Å². The molecule has 0 radical (unpaired) electrons. The van der Waals surface area contributed by atoms with Crippen molar-refractivity contribution in [3.8, 4) is 23.0 Å². The molecular weight excluding hydrogens is 472 g/mol. The SMILES string of the molecule is CCOC(=O)CCc1ccc(OCc2nc3ccc(OC)cc3n2C)cc1OCc1ccccc1OC. The second-order valence-electron chi connectivity index (χ2n) is 8.41. The molecule has 0 aliphatic heterocycles. The zero-order valence-corrected chi connectivity index (χ0v) is 21.7. The van der Waals surface area contributed by atoms with E-state index in [2.05, 4.69) is 4.98 Å². The number of imidazole rings is 1. The normalized spacial score (nSPS) is 10.8. The molecule has 8 heteroatoms. The molecule has 0 amide bonds. The number of esters is 1. The zero-order valence-electron chi connectivity index (χ0n) is 21.7. The molecule has 0 saturated heterocycles. The number of rotatable bonds is 12. The average Bonchev–Trinajstić information content (AvgIpc) is 3.24. The average molecular weight is 505 g/mol. The molecule has 0 fully saturated rings. The summed E-state index contributed by atoms with van der Waals surface area (Å²) in [5, 5.41) is 0. The molecule has 0 bridgehead atoms. The van der Waals surface area contributed by atoms with Gasteiger partial charge in [-0.05, 0) is 43.2 Å². The van der Waals surface area contributed by atoms with Crippen LogP contribution in [0.2, 0.25) is 0 Å². The highest BCUT2D eigenvalue weighted by Gasteiger charge is 2.13. The van der Waals surface area contributed by atoms with E-state index < -0.39 is 0 Å². The van der Waals surface area contributed by atoms with Crippen LogP contribution in [0.4, 0.5) is 0 Å². The molecule has 0 N–H and O–H groups in total. The molecule has 0 saturated carbocycles. The van der Waals surface area contributed by atoms with Crippen molar-refractivity contribution in [3.63, 3.8) is 0 Å². The van der Waals surface area contributed by atoms with Crippen LogP contribution in [0.5, 0.6) is 23.0 Å². The maximum absolute atomic E-state index is 11.9. The molecular formula is C29H32N2O6. The number of fused-ring (bicyclic) bond motifs is 1. The van der Waals surface area contributed by atoms with Crippen molar-refractivity contribution >= 4 is 17.0 Å². The number of benzene rings is 3.